The van der Waals surface area contributed by atoms with E-state index in [9.17, 15) is 8.42 Å². The van der Waals surface area contributed by atoms with Gasteiger partial charge in [-0.15, -0.1) is 0 Å². The van der Waals surface area contributed by atoms with Crippen LogP contribution in [0.2, 0.25) is 0 Å². The Morgan fingerprint density at radius 1 is 1.29 bits per heavy atom. The first kappa shape index (κ1) is 14.4. The van der Waals surface area contributed by atoms with Gasteiger partial charge in [0.1, 0.15) is 0 Å². The van der Waals surface area contributed by atoms with Crippen molar-refractivity contribution in [1.82, 2.24) is 9.29 Å². The van der Waals surface area contributed by atoms with Crippen LogP contribution in [0.25, 0.3) is 10.9 Å². The molecule has 1 atom stereocenters. The first-order valence-corrected chi connectivity index (χ1v) is 8.57. The molecule has 1 unspecified atom stereocenters. The van der Waals surface area contributed by atoms with Gasteiger partial charge in [0.15, 0.2) is 0 Å². The van der Waals surface area contributed by atoms with E-state index < -0.39 is 16.2 Å². The van der Waals surface area contributed by atoms with Crippen LogP contribution in [0.15, 0.2) is 35.4 Å². The number of aryl methyl sites for hydroxylation is 1. The molecule has 21 heavy (non-hydrogen) atoms. The zero-order chi connectivity index (χ0) is 15.0. The van der Waals surface area contributed by atoms with Crippen LogP contribution in [-0.2, 0) is 10.0 Å². The van der Waals surface area contributed by atoms with E-state index in [0.717, 1.165) is 23.9 Å². The molecule has 1 saturated heterocycles. The number of nitrogens with two attached hydrogens (primary N) is 1. The molecular formula is C15H19N3O2S. The van der Waals surface area contributed by atoms with Crippen LogP contribution in [-0.4, -0.2) is 30.4 Å². The van der Waals surface area contributed by atoms with Gasteiger partial charge < -0.3 is 5.73 Å². The lowest BCUT2D eigenvalue weighted by Crippen LogP contribution is -2.48. The van der Waals surface area contributed by atoms with Crippen molar-refractivity contribution >= 4 is 20.9 Å². The lowest BCUT2D eigenvalue weighted by molar-refractivity contribution is 0.258. The molecule has 0 radical (unpaired) electrons. The van der Waals surface area contributed by atoms with Crippen molar-refractivity contribution < 1.29 is 8.42 Å². The van der Waals surface area contributed by atoms with E-state index in [1.165, 1.54) is 4.31 Å². The minimum absolute atomic E-state index is 0.300. The van der Waals surface area contributed by atoms with Crippen LogP contribution >= 0.6 is 0 Å². The molecule has 5 nitrogen and oxygen atoms in total. The number of rotatable bonds is 2. The highest BCUT2D eigenvalue weighted by atomic mass is 32.2. The second-order valence-electron chi connectivity index (χ2n) is 5.46. The van der Waals surface area contributed by atoms with Crippen LogP contribution < -0.4 is 5.73 Å². The van der Waals surface area contributed by atoms with Crippen molar-refractivity contribution in [2.75, 3.05) is 6.54 Å². The Morgan fingerprint density at radius 2 is 2.10 bits per heavy atom. The lowest BCUT2D eigenvalue weighted by Gasteiger charge is -2.32. The maximum absolute atomic E-state index is 12.9. The fraction of sp³-hybridized carbons (Fsp3) is 0.400. The standard InChI is InChI=1S/C15H19N3O2S/c1-11-7-8-13(12-5-4-9-17-15(11)12)21(19,20)18-10-3-2-6-14(18)16/h4-5,7-9,14H,2-3,6,10,16H2,1H3. The SMILES string of the molecule is Cc1ccc(S(=O)(=O)N2CCCCC2N)c2cccnc12. The Balaban J connectivity index is 2.17. The molecule has 0 amide bonds. The highest BCUT2D eigenvalue weighted by molar-refractivity contribution is 7.89. The third-order valence-electron chi connectivity index (χ3n) is 4.02. The number of fused-ring (bicyclic) bond motifs is 1. The monoisotopic (exact) mass is 305 g/mol. The number of piperidine rings is 1. The predicted molar refractivity (Wildman–Crippen MR) is 82.2 cm³/mol. The molecule has 0 aliphatic carbocycles. The number of sulfonamides is 1. The molecule has 3 rings (SSSR count). The molecule has 0 bridgehead atoms. The van der Waals surface area contributed by atoms with E-state index in [0.29, 0.717) is 23.2 Å². The van der Waals surface area contributed by atoms with Crippen LogP contribution in [0, 0.1) is 6.92 Å². The molecule has 1 aliphatic rings. The van der Waals surface area contributed by atoms with Crippen LogP contribution in [0.5, 0.6) is 0 Å². The zero-order valence-electron chi connectivity index (χ0n) is 12.0. The van der Waals surface area contributed by atoms with Crippen LogP contribution in [0.3, 0.4) is 0 Å². The molecule has 1 fully saturated rings. The maximum Gasteiger partial charge on any atom is 0.245 e. The largest absolute Gasteiger partial charge is 0.315 e. The maximum atomic E-state index is 12.9. The summed E-state index contributed by atoms with van der Waals surface area (Å²) in [7, 11) is -3.59. The van der Waals surface area contributed by atoms with E-state index in [1.807, 2.05) is 6.92 Å². The summed E-state index contributed by atoms with van der Waals surface area (Å²) in [5.41, 5.74) is 7.70. The Hall–Kier alpha value is -1.50. The smallest absolute Gasteiger partial charge is 0.245 e. The van der Waals surface area contributed by atoms with Gasteiger partial charge >= 0.3 is 0 Å². The summed E-state index contributed by atoms with van der Waals surface area (Å²) in [5, 5.41) is 0.662. The van der Waals surface area contributed by atoms with Gasteiger partial charge in [-0.2, -0.15) is 4.31 Å². The number of hydrogen-bond acceptors (Lipinski definition) is 4. The molecule has 2 aromatic rings. The van der Waals surface area contributed by atoms with E-state index in [2.05, 4.69) is 4.98 Å². The lowest BCUT2D eigenvalue weighted by atomic mass is 10.1. The van der Waals surface area contributed by atoms with Crippen LogP contribution in [0.4, 0.5) is 0 Å². The van der Waals surface area contributed by atoms with Crippen molar-refractivity contribution in [3.05, 3.63) is 36.0 Å². The third-order valence-corrected chi connectivity index (χ3v) is 6.00. The van der Waals surface area contributed by atoms with Gasteiger partial charge in [0.25, 0.3) is 0 Å². The summed E-state index contributed by atoms with van der Waals surface area (Å²) < 4.78 is 27.3. The topological polar surface area (TPSA) is 76.3 Å². The number of benzene rings is 1. The van der Waals surface area contributed by atoms with E-state index in [1.54, 1.807) is 30.5 Å². The predicted octanol–water partition coefficient (Wildman–Crippen LogP) is 2.00. The first-order chi connectivity index (χ1) is 10.0. The minimum atomic E-state index is -3.59. The molecule has 1 aliphatic heterocycles. The summed E-state index contributed by atoms with van der Waals surface area (Å²) in [6.45, 7) is 2.41. The number of nitrogens with zero attached hydrogens (tertiary/aromatic N) is 2. The Kier molecular flexibility index (Phi) is 3.69. The second kappa shape index (κ2) is 5.36. The van der Waals surface area contributed by atoms with Gasteiger partial charge in [0.05, 0.1) is 16.6 Å². The van der Waals surface area contributed by atoms with Gasteiger partial charge in [-0.05, 0) is 49.9 Å². The van der Waals surface area contributed by atoms with E-state index >= 15 is 0 Å². The first-order valence-electron chi connectivity index (χ1n) is 7.13. The fourth-order valence-corrected chi connectivity index (χ4v) is 4.64. The van der Waals surface area contributed by atoms with Crippen LogP contribution in [0.1, 0.15) is 24.8 Å². The molecule has 1 aromatic carbocycles. The molecule has 2 N–H and O–H groups in total. The van der Waals surface area contributed by atoms with Crippen molar-refractivity contribution in [3.8, 4) is 0 Å². The minimum Gasteiger partial charge on any atom is -0.315 e. The summed E-state index contributed by atoms with van der Waals surface area (Å²) in [4.78, 5) is 4.60. The van der Waals surface area contributed by atoms with Gasteiger partial charge in [0.2, 0.25) is 10.0 Å². The summed E-state index contributed by atoms with van der Waals surface area (Å²) in [6.07, 6.45) is 3.79. The van der Waals surface area contributed by atoms with E-state index in [-0.39, 0.29) is 0 Å². The molecule has 0 saturated carbocycles. The van der Waals surface area contributed by atoms with E-state index in [4.69, 9.17) is 5.73 Å². The van der Waals surface area contributed by atoms with Crippen molar-refractivity contribution in [2.45, 2.75) is 37.2 Å². The quantitative estimate of drug-likeness (QED) is 0.920. The Morgan fingerprint density at radius 3 is 2.86 bits per heavy atom. The molecular weight excluding hydrogens is 286 g/mol. The van der Waals surface area contributed by atoms with Crippen molar-refractivity contribution in [1.29, 1.82) is 0 Å². The normalized spacial score (nSPS) is 20.8. The zero-order valence-corrected chi connectivity index (χ0v) is 12.8. The Labute approximate surface area is 124 Å². The molecule has 112 valence electrons. The Bertz CT molecular complexity index is 774. The number of aromatic nitrogens is 1. The summed E-state index contributed by atoms with van der Waals surface area (Å²) in [6, 6.07) is 7.03. The molecule has 0 spiro atoms. The average molecular weight is 305 g/mol. The molecule has 6 heteroatoms. The fourth-order valence-electron chi connectivity index (χ4n) is 2.87. The third kappa shape index (κ3) is 2.43. The van der Waals surface area contributed by atoms with Crippen molar-refractivity contribution in [3.63, 3.8) is 0 Å². The summed E-state index contributed by atoms with van der Waals surface area (Å²) >= 11 is 0. The second-order valence-corrected chi connectivity index (χ2v) is 7.32. The van der Waals surface area contributed by atoms with Gasteiger partial charge in [-0.1, -0.05) is 6.07 Å². The molecule has 1 aromatic heterocycles. The highest BCUT2D eigenvalue weighted by Gasteiger charge is 2.32. The molecule has 2 heterocycles. The van der Waals surface area contributed by atoms with Gasteiger partial charge in [-0.3, -0.25) is 4.98 Å². The highest BCUT2D eigenvalue weighted by Crippen LogP contribution is 2.29. The number of hydrogen-bond donors (Lipinski definition) is 1. The summed E-state index contributed by atoms with van der Waals surface area (Å²) in [5.74, 6) is 0. The van der Waals surface area contributed by atoms with Gasteiger partial charge in [-0.25, -0.2) is 8.42 Å². The average Bonchev–Trinajstić information content (AvgIpc) is 2.48. The number of pyridine rings is 1. The van der Waals surface area contributed by atoms with Gasteiger partial charge in [0, 0.05) is 18.1 Å². The van der Waals surface area contributed by atoms with Crippen molar-refractivity contribution in [2.24, 2.45) is 5.73 Å².